The van der Waals surface area contributed by atoms with Crippen LogP contribution >= 0.6 is 12.4 Å². The van der Waals surface area contributed by atoms with Crippen molar-refractivity contribution in [3.8, 4) is 5.75 Å². The van der Waals surface area contributed by atoms with E-state index in [1.807, 2.05) is 0 Å². The van der Waals surface area contributed by atoms with Crippen molar-refractivity contribution < 1.29 is 37.0 Å². The van der Waals surface area contributed by atoms with Crippen molar-refractivity contribution in [2.45, 2.75) is 12.6 Å². The second-order valence-electron chi connectivity index (χ2n) is 5.42. The predicted octanol–water partition coefficient (Wildman–Crippen LogP) is 2.74. The Balaban J connectivity index is 0.00000312. The summed E-state index contributed by atoms with van der Waals surface area (Å²) in [6.45, 7) is -1.41. The molecule has 0 saturated carbocycles. The maximum absolute atomic E-state index is 13.3. The molecule has 0 radical (unpaired) electrons. The molecule has 5 nitrogen and oxygen atoms in total. The van der Waals surface area contributed by atoms with Crippen LogP contribution in [0, 0.1) is 17.7 Å². The van der Waals surface area contributed by atoms with Gasteiger partial charge in [0.2, 0.25) is 5.91 Å². The molecule has 10 heteroatoms. The van der Waals surface area contributed by atoms with Gasteiger partial charge in [-0.2, -0.15) is 13.2 Å². The molecule has 140 valence electrons. The van der Waals surface area contributed by atoms with Gasteiger partial charge in [0.05, 0.1) is 24.9 Å². The van der Waals surface area contributed by atoms with Crippen LogP contribution in [0.15, 0.2) is 24.3 Å². The molecule has 0 aliphatic carbocycles. The monoisotopic (exact) mass is 385 g/mol. The Kier molecular flexibility index (Phi) is 7.04. The van der Waals surface area contributed by atoms with E-state index >= 15 is 0 Å². The Morgan fingerprint density at radius 1 is 1.24 bits per heavy atom. The maximum Gasteiger partial charge on any atom is 0.394 e. The number of nitrogens with zero attached hydrogens (tertiary/aromatic N) is 1. The highest BCUT2D eigenvalue weighted by molar-refractivity contribution is 5.85. The van der Waals surface area contributed by atoms with Gasteiger partial charge in [-0.15, -0.1) is 12.4 Å². The van der Waals surface area contributed by atoms with Crippen molar-refractivity contribution in [2.75, 3.05) is 19.7 Å². The summed E-state index contributed by atoms with van der Waals surface area (Å²) in [4.78, 5) is 23.8. The Bertz CT molecular complexity index is 626. The predicted molar refractivity (Wildman–Crippen MR) is 81.0 cm³/mol. The number of carbonyl (C=O) groups excluding carboxylic acids is 1. The number of hydrogen-bond donors (Lipinski definition) is 1. The molecule has 0 spiro atoms. The Hall–Kier alpha value is -2.03. The topological polar surface area (TPSA) is 66.8 Å². The van der Waals surface area contributed by atoms with E-state index in [0.29, 0.717) is 0 Å². The number of aliphatic carboxylic acids is 1. The average molecular weight is 386 g/mol. The Morgan fingerprint density at radius 2 is 1.88 bits per heavy atom. The SMILES string of the molecule is Cl.O=C(O)[C@@H]1CN(C(=O)CCOc2ccccc2F)C[C@H]1C(F)(F)F. The van der Waals surface area contributed by atoms with Crippen LogP contribution in [-0.4, -0.2) is 47.8 Å². The molecule has 1 fully saturated rings. The van der Waals surface area contributed by atoms with Crippen molar-refractivity contribution in [3.63, 3.8) is 0 Å². The van der Waals surface area contributed by atoms with E-state index in [0.717, 1.165) is 4.90 Å². The minimum absolute atomic E-state index is 0. The second kappa shape index (κ2) is 8.37. The number of carboxylic acids is 1. The lowest BCUT2D eigenvalue weighted by atomic mass is 9.96. The van der Waals surface area contributed by atoms with Gasteiger partial charge >= 0.3 is 12.1 Å². The third kappa shape index (κ3) is 5.22. The van der Waals surface area contributed by atoms with Gasteiger partial charge in [0.1, 0.15) is 0 Å². The minimum atomic E-state index is -4.69. The number of ether oxygens (including phenoxy) is 1. The summed E-state index contributed by atoms with van der Waals surface area (Å²) in [5.74, 6) is -6.70. The van der Waals surface area contributed by atoms with E-state index in [-0.39, 0.29) is 31.2 Å². The molecule has 0 unspecified atom stereocenters. The number of carbonyl (C=O) groups is 2. The van der Waals surface area contributed by atoms with Crippen LogP contribution in [0.2, 0.25) is 0 Å². The molecule has 1 aliphatic heterocycles. The number of amides is 1. The van der Waals surface area contributed by atoms with Crippen LogP contribution in [0.3, 0.4) is 0 Å². The molecule has 1 aromatic rings. The van der Waals surface area contributed by atoms with Gasteiger partial charge in [-0.3, -0.25) is 9.59 Å². The largest absolute Gasteiger partial charge is 0.490 e. The van der Waals surface area contributed by atoms with Gasteiger partial charge < -0.3 is 14.7 Å². The number of benzene rings is 1. The molecule has 1 heterocycles. The lowest BCUT2D eigenvalue weighted by Gasteiger charge is -2.18. The van der Waals surface area contributed by atoms with Gasteiger partial charge in [-0.25, -0.2) is 4.39 Å². The Labute approximate surface area is 147 Å². The quantitative estimate of drug-likeness (QED) is 0.791. The van der Waals surface area contributed by atoms with Crippen molar-refractivity contribution in [1.82, 2.24) is 4.90 Å². The van der Waals surface area contributed by atoms with E-state index in [4.69, 9.17) is 9.84 Å². The summed E-state index contributed by atoms with van der Waals surface area (Å²) < 4.78 is 57.0. The molecule has 2 rings (SSSR count). The number of halogens is 5. The molecular formula is C15H16ClF4NO4. The van der Waals surface area contributed by atoms with Crippen molar-refractivity contribution in [1.29, 1.82) is 0 Å². The second-order valence-corrected chi connectivity index (χ2v) is 5.42. The summed E-state index contributed by atoms with van der Waals surface area (Å²) >= 11 is 0. The zero-order valence-electron chi connectivity index (χ0n) is 12.8. The number of likely N-dealkylation sites (tertiary alicyclic amines) is 1. The highest BCUT2D eigenvalue weighted by atomic mass is 35.5. The fourth-order valence-electron chi connectivity index (χ4n) is 2.56. The van der Waals surface area contributed by atoms with E-state index in [1.54, 1.807) is 0 Å². The first-order chi connectivity index (χ1) is 11.2. The van der Waals surface area contributed by atoms with Gasteiger partial charge in [0, 0.05) is 13.1 Å². The first-order valence-electron chi connectivity index (χ1n) is 7.14. The smallest absolute Gasteiger partial charge is 0.394 e. The zero-order chi connectivity index (χ0) is 17.9. The van der Waals surface area contributed by atoms with Crippen molar-refractivity contribution in [2.24, 2.45) is 11.8 Å². The highest BCUT2D eigenvalue weighted by Crippen LogP contribution is 2.37. The normalized spacial score (nSPS) is 20.1. The number of para-hydroxylation sites is 1. The third-order valence-electron chi connectivity index (χ3n) is 3.82. The summed E-state index contributed by atoms with van der Waals surface area (Å²) in [6, 6.07) is 5.52. The molecule has 2 atom stereocenters. The maximum atomic E-state index is 13.3. The van der Waals surface area contributed by atoms with Crippen LogP contribution in [-0.2, 0) is 9.59 Å². The van der Waals surface area contributed by atoms with Gasteiger partial charge in [0.15, 0.2) is 11.6 Å². The number of alkyl halides is 3. The van der Waals surface area contributed by atoms with Crippen molar-refractivity contribution in [3.05, 3.63) is 30.1 Å². The molecule has 0 aromatic heterocycles. The van der Waals surface area contributed by atoms with Crippen LogP contribution in [0.4, 0.5) is 17.6 Å². The Morgan fingerprint density at radius 3 is 2.40 bits per heavy atom. The summed E-state index contributed by atoms with van der Waals surface area (Å²) in [7, 11) is 0. The molecule has 1 aromatic carbocycles. The number of hydrogen-bond acceptors (Lipinski definition) is 3. The van der Waals surface area contributed by atoms with E-state index < -0.39 is 48.8 Å². The molecular weight excluding hydrogens is 370 g/mol. The summed E-state index contributed by atoms with van der Waals surface area (Å²) in [5.41, 5.74) is 0. The zero-order valence-corrected chi connectivity index (χ0v) is 13.6. The molecule has 0 bridgehead atoms. The molecule has 1 N–H and O–H groups in total. The first kappa shape index (κ1) is 21.0. The van der Waals surface area contributed by atoms with Gasteiger partial charge in [-0.1, -0.05) is 12.1 Å². The third-order valence-corrected chi connectivity index (χ3v) is 3.82. The summed E-state index contributed by atoms with van der Waals surface area (Å²) in [5, 5.41) is 8.90. The molecule has 1 amide bonds. The minimum Gasteiger partial charge on any atom is -0.490 e. The van der Waals surface area contributed by atoms with Gasteiger partial charge in [0.25, 0.3) is 0 Å². The standard InChI is InChI=1S/C15H15F4NO4.ClH/c16-11-3-1-2-4-12(11)24-6-5-13(21)20-7-9(14(22)23)10(8-20)15(17,18)19;/h1-4,9-10H,5-8H2,(H,22,23);1H/t9-,10-;/m1./s1. The summed E-state index contributed by atoms with van der Waals surface area (Å²) in [6.07, 6.45) is -4.97. The fraction of sp³-hybridized carbons (Fsp3) is 0.467. The van der Waals surface area contributed by atoms with E-state index in [1.165, 1.54) is 24.3 Å². The van der Waals surface area contributed by atoms with Crippen molar-refractivity contribution >= 4 is 24.3 Å². The number of rotatable bonds is 5. The van der Waals surface area contributed by atoms with Crippen LogP contribution in [0.25, 0.3) is 0 Å². The molecule has 1 saturated heterocycles. The van der Waals surface area contributed by atoms with E-state index in [9.17, 15) is 27.2 Å². The first-order valence-corrected chi connectivity index (χ1v) is 7.14. The molecule has 1 aliphatic rings. The van der Waals surface area contributed by atoms with Crippen LogP contribution in [0.5, 0.6) is 5.75 Å². The van der Waals surface area contributed by atoms with Gasteiger partial charge in [-0.05, 0) is 12.1 Å². The molecule has 25 heavy (non-hydrogen) atoms. The fourth-order valence-corrected chi connectivity index (χ4v) is 2.56. The lowest BCUT2D eigenvalue weighted by molar-refractivity contribution is -0.188. The van der Waals surface area contributed by atoms with E-state index in [2.05, 4.69) is 0 Å². The highest BCUT2D eigenvalue weighted by Gasteiger charge is 2.53. The van der Waals surface area contributed by atoms with Crippen LogP contribution in [0.1, 0.15) is 6.42 Å². The lowest BCUT2D eigenvalue weighted by Crippen LogP contribution is -2.34. The average Bonchev–Trinajstić information content (AvgIpc) is 2.95. The van der Waals surface area contributed by atoms with Crippen LogP contribution < -0.4 is 4.74 Å². The number of carboxylic acid groups (broad SMARTS) is 1.